The zero-order valence-corrected chi connectivity index (χ0v) is 17.8. The van der Waals surface area contributed by atoms with E-state index in [1.165, 1.54) is 7.05 Å². The van der Waals surface area contributed by atoms with E-state index in [1.807, 2.05) is 24.3 Å². The van der Waals surface area contributed by atoms with E-state index in [2.05, 4.69) is 15.6 Å². The van der Waals surface area contributed by atoms with Crippen molar-refractivity contribution in [3.8, 4) is 0 Å². The summed E-state index contributed by atoms with van der Waals surface area (Å²) in [6.45, 7) is 0.834. The number of guanidine groups is 1. The Kier molecular flexibility index (Phi) is 9.66. The maximum Gasteiger partial charge on any atom is 0.416 e. The van der Waals surface area contributed by atoms with Crippen molar-refractivity contribution in [3.63, 3.8) is 0 Å². The van der Waals surface area contributed by atoms with Gasteiger partial charge in [0.15, 0.2) is 5.96 Å². The van der Waals surface area contributed by atoms with Crippen LogP contribution in [0.2, 0.25) is 0 Å². The van der Waals surface area contributed by atoms with Gasteiger partial charge in [-0.15, -0.1) is 24.0 Å². The molecule has 2 rings (SSSR count). The molecule has 0 saturated carbocycles. The summed E-state index contributed by atoms with van der Waals surface area (Å²) in [5, 5.41) is 5.85. The molecule has 0 bridgehead atoms. The molecule has 0 aliphatic carbocycles. The summed E-state index contributed by atoms with van der Waals surface area (Å²) >= 11 is 0. The minimum atomic E-state index is -4.62. The molecule has 0 atom stereocenters. The number of hydrogen-bond donors (Lipinski definition) is 2. The van der Waals surface area contributed by atoms with Crippen LogP contribution in [-0.4, -0.2) is 20.1 Å². The highest BCUT2D eigenvalue weighted by Gasteiger charge is 2.33. The Morgan fingerprint density at radius 2 is 1.61 bits per heavy atom. The van der Waals surface area contributed by atoms with Crippen LogP contribution in [0.3, 0.4) is 0 Å². The van der Waals surface area contributed by atoms with Crippen molar-refractivity contribution in [2.24, 2.45) is 4.99 Å². The molecule has 0 heterocycles. The largest absolute Gasteiger partial charge is 0.416 e. The predicted molar refractivity (Wildman–Crippen MR) is 111 cm³/mol. The Bertz CT molecular complexity index is 780. The van der Waals surface area contributed by atoms with Gasteiger partial charge < -0.3 is 15.4 Å². The van der Waals surface area contributed by atoms with Crippen LogP contribution in [0, 0.1) is 5.82 Å². The highest BCUT2D eigenvalue weighted by molar-refractivity contribution is 14.0. The Morgan fingerprint density at radius 3 is 2.18 bits per heavy atom. The van der Waals surface area contributed by atoms with Crippen molar-refractivity contribution in [1.29, 1.82) is 0 Å². The normalized spacial score (nSPS) is 11.7. The summed E-state index contributed by atoms with van der Waals surface area (Å²) in [4.78, 5) is 3.99. The number of nitrogens with zero attached hydrogens (tertiary/aromatic N) is 1. The average molecular weight is 511 g/mol. The Labute approximate surface area is 178 Å². The molecule has 0 spiro atoms. The summed E-state index contributed by atoms with van der Waals surface area (Å²) in [5.74, 6) is -0.584. The lowest BCUT2D eigenvalue weighted by Gasteiger charge is -2.16. The molecule has 2 aromatic carbocycles. The number of rotatable bonds is 6. The van der Waals surface area contributed by atoms with Gasteiger partial charge in [-0.3, -0.25) is 4.99 Å². The fourth-order valence-electron chi connectivity index (χ4n) is 2.47. The first-order chi connectivity index (χ1) is 12.8. The zero-order chi connectivity index (χ0) is 19.9. The second-order valence-corrected chi connectivity index (χ2v) is 5.83. The van der Waals surface area contributed by atoms with Crippen molar-refractivity contribution in [3.05, 3.63) is 70.5 Å². The predicted octanol–water partition coefficient (Wildman–Crippen LogP) is 4.47. The van der Waals surface area contributed by atoms with Crippen LogP contribution in [0.15, 0.2) is 47.5 Å². The highest BCUT2D eigenvalue weighted by atomic mass is 127. The molecule has 0 aliphatic rings. The van der Waals surface area contributed by atoms with Crippen LogP contribution >= 0.6 is 24.0 Å². The molecule has 0 unspecified atom stereocenters. The highest BCUT2D eigenvalue weighted by Crippen LogP contribution is 2.32. The first-order valence-electron chi connectivity index (χ1n) is 8.20. The third kappa shape index (κ3) is 7.27. The van der Waals surface area contributed by atoms with Crippen molar-refractivity contribution in [2.75, 3.05) is 14.2 Å². The molecule has 154 valence electrons. The van der Waals surface area contributed by atoms with E-state index in [0.717, 1.165) is 23.3 Å². The average Bonchev–Trinajstić information content (AvgIpc) is 2.63. The molecule has 2 aromatic rings. The number of alkyl halides is 3. The monoisotopic (exact) mass is 511 g/mol. The van der Waals surface area contributed by atoms with Gasteiger partial charge in [-0.1, -0.05) is 30.3 Å². The number of aliphatic imine (C=N–C) groups is 1. The number of benzene rings is 2. The van der Waals surface area contributed by atoms with Crippen LogP contribution in [0.25, 0.3) is 0 Å². The summed E-state index contributed by atoms with van der Waals surface area (Å²) in [6.07, 6.45) is -4.62. The van der Waals surface area contributed by atoms with Crippen molar-refractivity contribution in [2.45, 2.75) is 25.9 Å². The third-order valence-corrected chi connectivity index (χ3v) is 3.84. The van der Waals surface area contributed by atoms with Gasteiger partial charge in [-0.2, -0.15) is 13.2 Å². The van der Waals surface area contributed by atoms with E-state index in [9.17, 15) is 17.6 Å². The summed E-state index contributed by atoms with van der Waals surface area (Å²) in [6, 6.07) is 10.3. The van der Waals surface area contributed by atoms with E-state index in [4.69, 9.17) is 4.74 Å². The number of nitrogens with one attached hydrogen (secondary N) is 2. The summed E-state index contributed by atoms with van der Waals surface area (Å²) in [5.41, 5.74) is 0.963. The van der Waals surface area contributed by atoms with Gasteiger partial charge in [0.1, 0.15) is 5.82 Å². The van der Waals surface area contributed by atoms with Gasteiger partial charge >= 0.3 is 6.18 Å². The SMILES string of the molecule is CN=C(NCc1ccc(COC)cc1)NCc1ccc(F)cc1C(F)(F)F.I. The molecular weight excluding hydrogens is 489 g/mol. The van der Waals surface area contributed by atoms with E-state index >= 15 is 0 Å². The number of methoxy groups -OCH3 is 1. The smallest absolute Gasteiger partial charge is 0.380 e. The van der Waals surface area contributed by atoms with E-state index in [-0.39, 0.29) is 36.1 Å². The molecule has 0 saturated heterocycles. The molecule has 2 N–H and O–H groups in total. The number of halogens is 5. The standard InChI is InChI=1S/C19H21F4N3O.HI/c1-24-18(25-10-13-3-5-14(6-4-13)12-27-2)26-11-15-7-8-16(20)9-17(15)19(21,22)23;/h3-9H,10-12H2,1-2H3,(H2,24,25,26);1H. The number of hydrogen-bond acceptors (Lipinski definition) is 2. The quantitative estimate of drug-likeness (QED) is 0.261. The molecular formula is C19H22F4IN3O. The van der Waals surface area contributed by atoms with E-state index in [1.54, 1.807) is 7.11 Å². The van der Waals surface area contributed by atoms with Gasteiger partial charge in [-0.25, -0.2) is 4.39 Å². The van der Waals surface area contributed by atoms with Crippen LogP contribution in [0.1, 0.15) is 22.3 Å². The van der Waals surface area contributed by atoms with Crippen LogP contribution in [0.5, 0.6) is 0 Å². The molecule has 0 amide bonds. The fraction of sp³-hybridized carbons (Fsp3) is 0.316. The lowest BCUT2D eigenvalue weighted by atomic mass is 10.1. The Hall–Kier alpha value is -1.88. The zero-order valence-electron chi connectivity index (χ0n) is 15.4. The number of ether oxygens (including phenoxy) is 1. The van der Waals surface area contributed by atoms with Crippen LogP contribution in [0.4, 0.5) is 17.6 Å². The van der Waals surface area contributed by atoms with E-state index in [0.29, 0.717) is 25.2 Å². The van der Waals surface area contributed by atoms with Crippen LogP contribution in [-0.2, 0) is 30.6 Å². The molecule has 0 radical (unpaired) electrons. The van der Waals surface area contributed by atoms with Gasteiger partial charge in [0.25, 0.3) is 0 Å². The van der Waals surface area contributed by atoms with Gasteiger partial charge in [0, 0.05) is 27.2 Å². The fourth-order valence-corrected chi connectivity index (χ4v) is 2.47. The second-order valence-electron chi connectivity index (χ2n) is 5.83. The molecule has 9 heteroatoms. The van der Waals surface area contributed by atoms with Gasteiger partial charge in [0.2, 0.25) is 0 Å². The maximum atomic E-state index is 13.2. The molecule has 28 heavy (non-hydrogen) atoms. The van der Waals surface area contributed by atoms with Crippen LogP contribution < -0.4 is 10.6 Å². The second kappa shape index (κ2) is 11.2. The van der Waals surface area contributed by atoms with Gasteiger partial charge in [-0.05, 0) is 28.8 Å². The maximum absolute atomic E-state index is 13.2. The lowest BCUT2D eigenvalue weighted by molar-refractivity contribution is -0.138. The van der Waals surface area contributed by atoms with Crippen molar-refractivity contribution < 1.29 is 22.3 Å². The van der Waals surface area contributed by atoms with Crippen molar-refractivity contribution >= 4 is 29.9 Å². The molecule has 0 fully saturated rings. The minimum absolute atomic E-state index is 0. The first-order valence-corrected chi connectivity index (χ1v) is 8.20. The van der Waals surface area contributed by atoms with Crippen molar-refractivity contribution in [1.82, 2.24) is 10.6 Å². The third-order valence-electron chi connectivity index (χ3n) is 3.84. The molecule has 0 aromatic heterocycles. The van der Waals surface area contributed by atoms with Gasteiger partial charge in [0.05, 0.1) is 12.2 Å². The lowest BCUT2D eigenvalue weighted by Crippen LogP contribution is -2.36. The van der Waals surface area contributed by atoms with E-state index < -0.39 is 17.6 Å². The summed E-state index contributed by atoms with van der Waals surface area (Å²) in [7, 11) is 3.14. The minimum Gasteiger partial charge on any atom is -0.380 e. The topological polar surface area (TPSA) is 45.7 Å². The molecule has 4 nitrogen and oxygen atoms in total. The molecule has 0 aliphatic heterocycles. The Morgan fingerprint density at radius 1 is 1.00 bits per heavy atom. The first kappa shape index (κ1) is 24.2. The summed E-state index contributed by atoms with van der Waals surface area (Å²) < 4.78 is 57.3. The Balaban J connectivity index is 0.00000392.